The quantitative estimate of drug-likeness (QED) is 0.614. The van der Waals surface area contributed by atoms with Crippen LogP contribution in [0.2, 0.25) is 0 Å². The number of alkyl halides is 3. The molecular formula is C20H21F3N2O5S. The Morgan fingerprint density at radius 2 is 1.55 bits per heavy atom. The number of likely N-dealkylation sites (tertiary alicyclic amines) is 1. The second-order valence-electron chi connectivity index (χ2n) is 7.26. The maximum atomic E-state index is 12.6. The molecule has 0 unspecified atom stereocenters. The first kappa shape index (κ1) is 23.0. The number of anilines is 1. The molecule has 11 heteroatoms. The number of sulfonamides is 1. The SMILES string of the molecule is O=C(CCc1ccc(NS(=O)(=O)c2ccc(C(F)(F)F)cc2)cc1)N1C[C@H](O)[C@@H](O)C1. The van der Waals surface area contributed by atoms with Crippen molar-refractivity contribution in [3.8, 4) is 0 Å². The van der Waals surface area contributed by atoms with Crippen molar-refractivity contribution in [1.29, 1.82) is 0 Å². The van der Waals surface area contributed by atoms with Crippen LogP contribution in [-0.2, 0) is 27.4 Å². The maximum Gasteiger partial charge on any atom is 0.416 e. The van der Waals surface area contributed by atoms with E-state index in [9.17, 15) is 36.6 Å². The van der Waals surface area contributed by atoms with Crippen molar-refractivity contribution >= 4 is 21.6 Å². The minimum Gasteiger partial charge on any atom is -0.388 e. The lowest BCUT2D eigenvalue weighted by molar-refractivity contribution is -0.137. The average molecular weight is 458 g/mol. The number of hydrogen-bond acceptors (Lipinski definition) is 5. The van der Waals surface area contributed by atoms with E-state index in [-0.39, 0.29) is 36.0 Å². The van der Waals surface area contributed by atoms with Crippen molar-refractivity contribution in [3.05, 3.63) is 59.7 Å². The number of benzene rings is 2. The van der Waals surface area contributed by atoms with Gasteiger partial charge in [-0.15, -0.1) is 0 Å². The summed E-state index contributed by atoms with van der Waals surface area (Å²) < 4.78 is 64.9. The highest BCUT2D eigenvalue weighted by Gasteiger charge is 2.32. The molecule has 1 saturated heterocycles. The van der Waals surface area contributed by atoms with E-state index < -0.39 is 34.0 Å². The summed E-state index contributed by atoms with van der Waals surface area (Å²) >= 11 is 0. The minimum absolute atomic E-state index is 0.0880. The molecule has 0 saturated carbocycles. The molecule has 2 aromatic carbocycles. The van der Waals surface area contributed by atoms with E-state index >= 15 is 0 Å². The van der Waals surface area contributed by atoms with Crippen LogP contribution in [0.1, 0.15) is 17.5 Å². The van der Waals surface area contributed by atoms with Crippen molar-refractivity contribution in [1.82, 2.24) is 4.90 Å². The van der Waals surface area contributed by atoms with Gasteiger partial charge in [0.2, 0.25) is 5.91 Å². The lowest BCUT2D eigenvalue weighted by atomic mass is 10.1. The Kier molecular flexibility index (Phi) is 6.58. The number of carbonyl (C=O) groups is 1. The number of hydrogen-bond donors (Lipinski definition) is 3. The summed E-state index contributed by atoms with van der Waals surface area (Å²) in [5.41, 5.74) is 0.0511. The van der Waals surface area contributed by atoms with Gasteiger partial charge in [-0.2, -0.15) is 13.2 Å². The van der Waals surface area contributed by atoms with Crippen LogP contribution in [0.25, 0.3) is 0 Å². The van der Waals surface area contributed by atoms with Crippen LogP contribution >= 0.6 is 0 Å². The van der Waals surface area contributed by atoms with Crippen molar-refractivity contribution in [2.75, 3.05) is 17.8 Å². The van der Waals surface area contributed by atoms with Gasteiger partial charge in [-0.05, 0) is 48.4 Å². The Morgan fingerprint density at radius 3 is 2.06 bits per heavy atom. The van der Waals surface area contributed by atoms with E-state index in [2.05, 4.69) is 4.72 Å². The number of aliphatic hydroxyl groups excluding tert-OH is 2. The number of nitrogens with zero attached hydrogens (tertiary/aromatic N) is 1. The van der Waals surface area contributed by atoms with Crippen molar-refractivity contribution in [2.24, 2.45) is 0 Å². The second kappa shape index (κ2) is 8.85. The molecule has 1 aliphatic heterocycles. The third kappa shape index (κ3) is 5.75. The number of carbonyl (C=O) groups excluding carboxylic acids is 1. The first-order valence-electron chi connectivity index (χ1n) is 9.38. The van der Waals surface area contributed by atoms with Crippen LogP contribution in [-0.4, -0.2) is 54.7 Å². The monoisotopic (exact) mass is 458 g/mol. The van der Waals surface area contributed by atoms with E-state index in [4.69, 9.17) is 0 Å². The largest absolute Gasteiger partial charge is 0.416 e. The van der Waals surface area contributed by atoms with Crippen LogP contribution in [0.3, 0.4) is 0 Å². The topological polar surface area (TPSA) is 107 Å². The maximum absolute atomic E-state index is 12.6. The molecule has 0 spiro atoms. The summed E-state index contributed by atoms with van der Waals surface area (Å²) in [6.07, 6.45) is -5.90. The van der Waals surface area contributed by atoms with Gasteiger partial charge in [0.05, 0.1) is 22.7 Å². The number of nitrogens with one attached hydrogen (secondary N) is 1. The van der Waals surface area contributed by atoms with Gasteiger partial charge in [0.15, 0.2) is 0 Å². The molecule has 1 fully saturated rings. The van der Waals surface area contributed by atoms with E-state index in [1.807, 2.05) is 0 Å². The predicted molar refractivity (Wildman–Crippen MR) is 106 cm³/mol. The lowest BCUT2D eigenvalue weighted by Gasteiger charge is -2.15. The molecule has 168 valence electrons. The number of aryl methyl sites for hydroxylation is 1. The molecule has 0 aromatic heterocycles. The van der Waals surface area contributed by atoms with Crippen molar-refractivity contribution in [3.63, 3.8) is 0 Å². The normalized spacial score (nSPS) is 19.5. The Morgan fingerprint density at radius 1 is 1.00 bits per heavy atom. The van der Waals surface area contributed by atoms with Crippen molar-refractivity contribution in [2.45, 2.75) is 36.1 Å². The number of aliphatic hydroxyl groups is 2. The predicted octanol–water partition coefficient (Wildman–Crippen LogP) is 2.00. The van der Waals surface area contributed by atoms with Gasteiger partial charge in [-0.3, -0.25) is 9.52 Å². The van der Waals surface area contributed by atoms with Gasteiger partial charge >= 0.3 is 6.18 Å². The van der Waals surface area contributed by atoms with Gasteiger partial charge < -0.3 is 15.1 Å². The molecule has 1 aliphatic rings. The molecule has 1 amide bonds. The van der Waals surface area contributed by atoms with Crippen LogP contribution in [0.4, 0.5) is 18.9 Å². The zero-order chi connectivity index (χ0) is 22.8. The fourth-order valence-electron chi connectivity index (χ4n) is 3.16. The van der Waals surface area contributed by atoms with Gasteiger partial charge in [0.25, 0.3) is 10.0 Å². The Balaban J connectivity index is 1.58. The number of amides is 1. The minimum atomic E-state index is -4.55. The molecule has 3 N–H and O–H groups in total. The lowest BCUT2D eigenvalue weighted by Crippen LogP contribution is -2.29. The fourth-order valence-corrected chi connectivity index (χ4v) is 4.22. The summed E-state index contributed by atoms with van der Waals surface area (Å²) in [6, 6.07) is 9.42. The molecule has 7 nitrogen and oxygen atoms in total. The van der Waals surface area contributed by atoms with Gasteiger partial charge in [-0.1, -0.05) is 12.1 Å². The summed E-state index contributed by atoms with van der Waals surface area (Å²) in [7, 11) is -4.06. The Hall–Kier alpha value is -2.63. The molecule has 0 aliphatic carbocycles. The number of rotatable bonds is 6. The number of halogens is 3. The Bertz CT molecular complexity index is 1010. The molecule has 3 rings (SSSR count). The van der Waals surface area contributed by atoms with Crippen LogP contribution in [0.5, 0.6) is 0 Å². The van der Waals surface area contributed by atoms with Crippen molar-refractivity contribution < 1.29 is 36.6 Å². The van der Waals surface area contributed by atoms with Gasteiger partial charge in [-0.25, -0.2) is 8.42 Å². The second-order valence-corrected chi connectivity index (χ2v) is 8.94. The van der Waals surface area contributed by atoms with Crippen LogP contribution in [0.15, 0.2) is 53.4 Å². The number of β-amino-alcohol motifs (C(OH)–C–C–N with tert-alkyl or cyclic N) is 2. The highest BCUT2D eigenvalue weighted by Crippen LogP contribution is 2.30. The molecule has 2 atom stereocenters. The van der Waals surface area contributed by atoms with Gasteiger partial charge in [0, 0.05) is 25.2 Å². The van der Waals surface area contributed by atoms with E-state index in [1.165, 1.54) is 17.0 Å². The van der Waals surface area contributed by atoms with E-state index in [0.29, 0.717) is 18.6 Å². The molecule has 31 heavy (non-hydrogen) atoms. The fraction of sp³-hybridized carbons (Fsp3) is 0.350. The zero-order valence-electron chi connectivity index (χ0n) is 16.2. The average Bonchev–Trinajstić information content (AvgIpc) is 3.05. The molecular weight excluding hydrogens is 437 g/mol. The smallest absolute Gasteiger partial charge is 0.388 e. The summed E-state index contributed by atoms with van der Waals surface area (Å²) in [4.78, 5) is 13.2. The van der Waals surface area contributed by atoms with E-state index in [1.54, 1.807) is 12.1 Å². The first-order valence-corrected chi connectivity index (χ1v) is 10.9. The van der Waals surface area contributed by atoms with E-state index in [0.717, 1.165) is 17.7 Å². The third-order valence-electron chi connectivity index (χ3n) is 4.94. The summed E-state index contributed by atoms with van der Waals surface area (Å²) in [5.74, 6) is -0.206. The van der Waals surface area contributed by atoms with Crippen LogP contribution < -0.4 is 4.72 Å². The third-order valence-corrected chi connectivity index (χ3v) is 6.33. The highest BCUT2D eigenvalue weighted by atomic mass is 32.2. The zero-order valence-corrected chi connectivity index (χ0v) is 17.0. The van der Waals surface area contributed by atoms with Crippen LogP contribution in [0, 0.1) is 0 Å². The standard InChI is InChI=1S/C20H21F3N2O5S/c21-20(22,23)14-4-8-16(9-5-14)31(29,30)24-15-6-1-13(2-7-15)3-10-19(28)25-11-17(26)18(27)12-25/h1-2,4-9,17-18,24,26-27H,3,10-12H2/t17-,18-/m0/s1. The Labute approximate surface area is 177 Å². The summed E-state index contributed by atoms with van der Waals surface area (Å²) in [5, 5.41) is 19.0. The summed E-state index contributed by atoms with van der Waals surface area (Å²) in [6.45, 7) is 0.176. The molecule has 0 radical (unpaired) electrons. The molecule has 2 aromatic rings. The first-order chi connectivity index (χ1) is 14.5. The molecule has 1 heterocycles. The highest BCUT2D eigenvalue weighted by molar-refractivity contribution is 7.92. The van der Waals surface area contributed by atoms with Gasteiger partial charge in [0.1, 0.15) is 0 Å². The molecule has 0 bridgehead atoms.